The van der Waals surface area contributed by atoms with E-state index in [0.717, 1.165) is 16.4 Å². The van der Waals surface area contributed by atoms with Crippen LogP contribution in [0.4, 0.5) is 13.2 Å². The number of halogens is 4. The van der Waals surface area contributed by atoms with E-state index in [1.165, 1.54) is 0 Å². The number of carbonyl (C=O) groups is 1. The van der Waals surface area contributed by atoms with Crippen LogP contribution in [0.3, 0.4) is 0 Å². The Labute approximate surface area is 149 Å². The molecule has 1 amide bonds. The first-order valence-corrected chi connectivity index (χ1v) is 9.57. The molecule has 2 rings (SSSR count). The van der Waals surface area contributed by atoms with Gasteiger partial charge in [-0.05, 0) is 37.5 Å². The van der Waals surface area contributed by atoms with Crippen molar-refractivity contribution in [2.24, 2.45) is 0 Å². The normalized spacial score (nSPS) is 19.2. The molecule has 140 valence electrons. The van der Waals surface area contributed by atoms with E-state index in [4.69, 9.17) is 11.6 Å². The highest BCUT2D eigenvalue weighted by Crippen LogP contribution is 2.36. The van der Waals surface area contributed by atoms with E-state index in [-0.39, 0.29) is 11.6 Å². The molecule has 25 heavy (non-hydrogen) atoms. The van der Waals surface area contributed by atoms with E-state index in [2.05, 4.69) is 5.32 Å². The Hall–Kier alpha value is -1.32. The summed E-state index contributed by atoms with van der Waals surface area (Å²) in [5.41, 5.74) is -1.11. The lowest BCUT2D eigenvalue weighted by molar-refractivity contribution is -0.137. The molecule has 10 heteroatoms. The molecular weight excluding hydrogens is 381 g/mol. The predicted molar refractivity (Wildman–Crippen MR) is 86.7 cm³/mol. The largest absolute Gasteiger partial charge is 0.416 e. The fourth-order valence-electron chi connectivity index (χ4n) is 2.66. The van der Waals surface area contributed by atoms with Crippen LogP contribution < -0.4 is 5.32 Å². The Balaban J connectivity index is 2.39. The third-order valence-electron chi connectivity index (χ3n) is 3.90. The van der Waals surface area contributed by atoms with Crippen LogP contribution in [0.1, 0.15) is 31.7 Å². The lowest BCUT2D eigenvalue weighted by Crippen LogP contribution is -2.46. The minimum absolute atomic E-state index is 0.0547. The fourth-order valence-corrected chi connectivity index (χ4v) is 4.82. The molecule has 1 saturated heterocycles. The second kappa shape index (κ2) is 7.51. The Kier molecular flexibility index (Phi) is 6.01. The van der Waals surface area contributed by atoms with Crippen molar-refractivity contribution in [3.8, 4) is 0 Å². The van der Waals surface area contributed by atoms with Crippen LogP contribution in [0.15, 0.2) is 23.1 Å². The molecule has 0 bridgehead atoms. The van der Waals surface area contributed by atoms with Crippen molar-refractivity contribution in [2.75, 3.05) is 13.1 Å². The van der Waals surface area contributed by atoms with Crippen molar-refractivity contribution >= 4 is 27.5 Å². The van der Waals surface area contributed by atoms with Gasteiger partial charge in [0.05, 0.1) is 10.6 Å². The SMILES string of the molecule is CCCNC(=O)C1CCCN1S(=O)(=O)c1cc(C(F)(F)F)ccc1Cl. The summed E-state index contributed by atoms with van der Waals surface area (Å²) in [6.07, 6.45) is -3.26. The molecule has 1 atom stereocenters. The number of hydrogen-bond acceptors (Lipinski definition) is 3. The molecule has 0 spiro atoms. The summed E-state index contributed by atoms with van der Waals surface area (Å²) in [5, 5.41) is 2.31. The minimum atomic E-state index is -4.70. The number of carbonyl (C=O) groups excluding carboxylic acids is 1. The van der Waals surface area contributed by atoms with E-state index in [1.54, 1.807) is 0 Å². The van der Waals surface area contributed by atoms with Gasteiger partial charge >= 0.3 is 6.18 Å². The van der Waals surface area contributed by atoms with Crippen molar-refractivity contribution in [2.45, 2.75) is 43.3 Å². The number of alkyl halides is 3. The minimum Gasteiger partial charge on any atom is -0.355 e. The Morgan fingerprint density at radius 3 is 2.68 bits per heavy atom. The molecule has 5 nitrogen and oxygen atoms in total. The fraction of sp³-hybridized carbons (Fsp3) is 0.533. The average Bonchev–Trinajstić information content (AvgIpc) is 3.02. The molecule has 1 aromatic carbocycles. The van der Waals surface area contributed by atoms with Crippen LogP contribution in [-0.4, -0.2) is 37.8 Å². The Bertz CT molecular complexity index is 753. The maximum Gasteiger partial charge on any atom is 0.416 e. The summed E-state index contributed by atoms with van der Waals surface area (Å²) in [6, 6.07) is 1.19. The van der Waals surface area contributed by atoms with Crippen molar-refractivity contribution in [3.05, 3.63) is 28.8 Å². The molecule has 1 heterocycles. The van der Waals surface area contributed by atoms with Gasteiger partial charge in [-0.3, -0.25) is 4.79 Å². The highest BCUT2D eigenvalue weighted by Gasteiger charge is 2.41. The van der Waals surface area contributed by atoms with Crippen molar-refractivity contribution in [3.63, 3.8) is 0 Å². The van der Waals surface area contributed by atoms with Crippen LogP contribution in [0, 0.1) is 0 Å². The van der Waals surface area contributed by atoms with Crippen LogP contribution in [0.5, 0.6) is 0 Å². The number of amides is 1. The zero-order chi connectivity index (χ0) is 18.8. The van der Waals surface area contributed by atoms with Crippen LogP contribution >= 0.6 is 11.6 Å². The van der Waals surface area contributed by atoms with Gasteiger partial charge in [0.2, 0.25) is 15.9 Å². The average molecular weight is 399 g/mol. The Morgan fingerprint density at radius 2 is 2.08 bits per heavy atom. The number of rotatable bonds is 5. The van der Waals surface area contributed by atoms with Gasteiger partial charge in [0, 0.05) is 13.1 Å². The second-order valence-electron chi connectivity index (χ2n) is 5.71. The molecule has 1 fully saturated rings. The number of hydrogen-bond donors (Lipinski definition) is 1. The maximum absolute atomic E-state index is 12.9. The lowest BCUT2D eigenvalue weighted by atomic mass is 10.2. The summed E-state index contributed by atoms with van der Waals surface area (Å²) >= 11 is 5.85. The summed E-state index contributed by atoms with van der Waals surface area (Å²) in [7, 11) is -4.33. The number of nitrogens with one attached hydrogen (secondary N) is 1. The first-order chi connectivity index (χ1) is 11.6. The topological polar surface area (TPSA) is 66.5 Å². The van der Waals surface area contributed by atoms with Gasteiger partial charge in [-0.1, -0.05) is 18.5 Å². The summed E-state index contributed by atoms with van der Waals surface area (Å²) in [4.78, 5) is 11.5. The first kappa shape index (κ1) is 20.0. The number of benzene rings is 1. The standard InChI is InChI=1S/C15H18ClF3N2O3S/c1-2-7-20-14(22)12-4-3-8-21(12)25(23,24)13-9-10(15(17,18)19)5-6-11(13)16/h5-6,9,12H,2-4,7-8H2,1H3,(H,20,22). The summed E-state index contributed by atoms with van der Waals surface area (Å²) in [5.74, 6) is -0.453. The lowest BCUT2D eigenvalue weighted by Gasteiger charge is -2.24. The molecule has 0 aromatic heterocycles. The maximum atomic E-state index is 12.9. The van der Waals surface area contributed by atoms with E-state index in [0.29, 0.717) is 31.9 Å². The molecule has 0 saturated carbocycles. The van der Waals surface area contributed by atoms with Crippen LogP contribution in [0.25, 0.3) is 0 Å². The van der Waals surface area contributed by atoms with Gasteiger partial charge in [0.1, 0.15) is 10.9 Å². The van der Waals surface area contributed by atoms with E-state index in [1.807, 2.05) is 6.92 Å². The molecule has 0 aliphatic carbocycles. The van der Waals surface area contributed by atoms with Crippen molar-refractivity contribution in [1.82, 2.24) is 9.62 Å². The third kappa shape index (κ3) is 4.27. The second-order valence-corrected chi connectivity index (χ2v) is 7.97. The quantitative estimate of drug-likeness (QED) is 0.829. The van der Waals surface area contributed by atoms with E-state index < -0.39 is 38.6 Å². The zero-order valence-corrected chi connectivity index (χ0v) is 15.0. The van der Waals surface area contributed by atoms with Gasteiger partial charge in [0.25, 0.3) is 0 Å². The number of sulfonamides is 1. The highest BCUT2D eigenvalue weighted by molar-refractivity contribution is 7.89. The van der Waals surface area contributed by atoms with Crippen LogP contribution in [0.2, 0.25) is 5.02 Å². The molecule has 1 aliphatic heterocycles. The number of nitrogens with zero attached hydrogens (tertiary/aromatic N) is 1. The summed E-state index contributed by atoms with van der Waals surface area (Å²) in [6.45, 7) is 2.30. The predicted octanol–water partition coefficient (Wildman–Crippen LogP) is 3.04. The molecule has 1 N–H and O–H groups in total. The summed E-state index contributed by atoms with van der Waals surface area (Å²) < 4.78 is 65.2. The Morgan fingerprint density at radius 1 is 1.40 bits per heavy atom. The molecule has 0 radical (unpaired) electrons. The van der Waals surface area contributed by atoms with Gasteiger partial charge in [-0.2, -0.15) is 17.5 Å². The molecule has 1 unspecified atom stereocenters. The molecule has 1 aliphatic rings. The third-order valence-corrected chi connectivity index (χ3v) is 6.29. The smallest absolute Gasteiger partial charge is 0.355 e. The van der Waals surface area contributed by atoms with Gasteiger partial charge in [0.15, 0.2) is 0 Å². The van der Waals surface area contributed by atoms with Crippen molar-refractivity contribution < 1.29 is 26.4 Å². The van der Waals surface area contributed by atoms with E-state index >= 15 is 0 Å². The van der Waals surface area contributed by atoms with Gasteiger partial charge in [-0.15, -0.1) is 0 Å². The van der Waals surface area contributed by atoms with Gasteiger partial charge in [-0.25, -0.2) is 8.42 Å². The first-order valence-electron chi connectivity index (χ1n) is 7.75. The zero-order valence-electron chi connectivity index (χ0n) is 13.4. The molecule has 1 aromatic rings. The molecular formula is C15H18ClF3N2O3S. The van der Waals surface area contributed by atoms with E-state index in [9.17, 15) is 26.4 Å². The monoisotopic (exact) mass is 398 g/mol. The highest BCUT2D eigenvalue weighted by atomic mass is 35.5. The van der Waals surface area contributed by atoms with Gasteiger partial charge < -0.3 is 5.32 Å². The van der Waals surface area contributed by atoms with Crippen LogP contribution in [-0.2, 0) is 21.0 Å². The van der Waals surface area contributed by atoms with Crippen molar-refractivity contribution in [1.29, 1.82) is 0 Å².